The predicted octanol–water partition coefficient (Wildman–Crippen LogP) is 1.69. The number of rotatable bonds is 3. The summed E-state index contributed by atoms with van der Waals surface area (Å²) in [4.78, 5) is 0.427. The van der Waals surface area contributed by atoms with Crippen LogP contribution >= 0.6 is 0 Å². The fraction of sp³-hybridized carbons (Fsp3) is 0.538. The van der Waals surface area contributed by atoms with Crippen molar-refractivity contribution >= 4 is 9.84 Å². The lowest BCUT2D eigenvalue weighted by Crippen LogP contribution is -2.24. The topological polar surface area (TPSA) is 46.2 Å². The molecule has 4 heteroatoms. The van der Waals surface area contributed by atoms with Gasteiger partial charge in [0.05, 0.1) is 4.90 Å². The molecule has 1 unspecified atom stereocenters. The van der Waals surface area contributed by atoms with Crippen molar-refractivity contribution in [3.8, 4) is 0 Å². The quantitative estimate of drug-likeness (QED) is 0.891. The number of hydrogen-bond acceptors (Lipinski definition) is 3. The molecule has 2 rings (SSSR count). The lowest BCUT2D eigenvalue weighted by molar-refractivity contribution is 0.595. The molecule has 1 aliphatic heterocycles. The molecular weight excluding hydrogens is 234 g/mol. The molecular formula is C13H19NO2S. The van der Waals surface area contributed by atoms with E-state index < -0.39 is 9.84 Å². The van der Waals surface area contributed by atoms with E-state index in [9.17, 15) is 8.42 Å². The van der Waals surface area contributed by atoms with Gasteiger partial charge in [-0.1, -0.05) is 6.07 Å². The second-order valence-electron chi connectivity index (χ2n) is 4.86. The lowest BCUT2D eigenvalue weighted by Gasteiger charge is -2.13. The Morgan fingerprint density at radius 1 is 1.41 bits per heavy atom. The van der Waals surface area contributed by atoms with Crippen LogP contribution in [0, 0.1) is 6.92 Å². The van der Waals surface area contributed by atoms with Crippen molar-refractivity contribution in [3.05, 3.63) is 29.3 Å². The Kier molecular flexibility index (Phi) is 3.54. The van der Waals surface area contributed by atoms with Gasteiger partial charge in [0.1, 0.15) is 0 Å². The first-order valence-corrected chi connectivity index (χ1v) is 7.89. The maximum atomic E-state index is 11.5. The van der Waals surface area contributed by atoms with Gasteiger partial charge in [-0.3, -0.25) is 0 Å². The number of hydrogen-bond donors (Lipinski definition) is 1. The first kappa shape index (κ1) is 12.6. The zero-order valence-electron chi connectivity index (χ0n) is 10.4. The van der Waals surface area contributed by atoms with Crippen LogP contribution in [-0.4, -0.2) is 27.3 Å². The van der Waals surface area contributed by atoms with Crippen molar-refractivity contribution in [3.63, 3.8) is 0 Å². The molecule has 1 N–H and O–H groups in total. The fourth-order valence-electron chi connectivity index (χ4n) is 2.29. The summed E-state index contributed by atoms with van der Waals surface area (Å²) in [5, 5.41) is 3.44. The van der Waals surface area contributed by atoms with Gasteiger partial charge >= 0.3 is 0 Å². The number of nitrogens with one attached hydrogen (secondary N) is 1. The van der Waals surface area contributed by atoms with Gasteiger partial charge in [0.2, 0.25) is 0 Å². The van der Waals surface area contributed by atoms with Crippen molar-refractivity contribution in [2.24, 2.45) is 0 Å². The molecule has 1 fully saturated rings. The molecule has 1 aliphatic rings. The van der Waals surface area contributed by atoms with Gasteiger partial charge in [0.15, 0.2) is 9.84 Å². The highest BCUT2D eigenvalue weighted by atomic mass is 32.2. The van der Waals surface area contributed by atoms with E-state index in [2.05, 4.69) is 5.32 Å². The van der Waals surface area contributed by atoms with Gasteiger partial charge in [-0.2, -0.15) is 0 Å². The van der Waals surface area contributed by atoms with E-state index in [4.69, 9.17) is 0 Å². The molecule has 94 valence electrons. The standard InChI is InChI=1S/C13H19NO2S/c1-10-5-6-13(17(2,15)16)9-11(10)8-12-4-3-7-14-12/h5-6,9,12,14H,3-4,7-8H2,1-2H3. The molecule has 0 spiro atoms. The van der Waals surface area contributed by atoms with Crippen molar-refractivity contribution in [2.75, 3.05) is 12.8 Å². The molecule has 0 saturated carbocycles. The molecule has 0 bridgehead atoms. The summed E-state index contributed by atoms with van der Waals surface area (Å²) in [6.07, 6.45) is 4.59. The van der Waals surface area contributed by atoms with E-state index in [1.165, 1.54) is 24.7 Å². The largest absolute Gasteiger partial charge is 0.314 e. The third kappa shape index (κ3) is 3.07. The van der Waals surface area contributed by atoms with E-state index in [-0.39, 0.29) is 0 Å². The summed E-state index contributed by atoms with van der Waals surface area (Å²) in [5.41, 5.74) is 2.32. The highest BCUT2D eigenvalue weighted by molar-refractivity contribution is 7.90. The summed E-state index contributed by atoms with van der Waals surface area (Å²) >= 11 is 0. The Hall–Kier alpha value is -0.870. The minimum atomic E-state index is -3.10. The minimum Gasteiger partial charge on any atom is -0.314 e. The SMILES string of the molecule is Cc1ccc(S(C)(=O)=O)cc1CC1CCCN1. The van der Waals surface area contributed by atoms with Crippen LogP contribution in [-0.2, 0) is 16.3 Å². The smallest absolute Gasteiger partial charge is 0.175 e. The summed E-state index contributed by atoms with van der Waals surface area (Å²) < 4.78 is 23.0. The molecule has 17 heavy (non-hydrogen) atoms. The molecule has 1 aromatic rings. The zero-order valence-corrected chi connectivity index (χ0v) is 11.2. The average molecular weight is 253 g/mol. The van der Waals surface area contributed by atoms with E-state index in [1.54, 1.807) is 6.07 Å². The Morgan fingerprint density at radius 2 is 2.18 bits per heavy atom. The second kappa shape index (κ2) is 4.78. The van der Waals surface area contributed by atoms with Gasteiger partial charge in [0.25, 0.3) is 0 Å². The first-order chi connectivity index (χ1) is 7.97. The first-order valence-electron chi connectivity index (χ1n) is 6.00. The minimum absolute atomic E-state index is 0.427. The van der Waals surface area contributed by atoms with Crippen molar-refractivity contribution < 1.29 is 8.42 Å². The van der Waals surface area contributed by atoms with Gasteiger partial charge in [-0.05, 0) is 56.0 Å². The van der Waals surface area contributed by atoms with Crippen molar-refractivity contribution in [1.29, 1.82) is 0 Å². The average Bonchev–Trinajstić information content (AvgIpc) is 2.72. The van der Waals surface area contributed by atoms with Crippen LogP contribution in [0.3, 0.4) is 0 Å². The van der Waals surface area contributed by atoms with E-state index in [1.807, 2.05) is 19.1 Å². The summed E-state index contributed by atoms with van der Waals surface area (Å²) in [6, 6.07) is 5.92. The Balaban J connectivity index is 2.26. The maximum absolute atomic E-state index is 11.5. The zero-order chi connectivity index (χ0) is 12.5. The third-order valence-corrected chi connectivity index (χ3v) is 4.49. The number of aryl methyl sites for hydroxylation is 1. The fourth-order valence-corrected chi connectivity index (χ4v) is 2.97. The van der Waals surface area contributed by atoms with Crippen LogP contribution in [0.4, 0.5) is 0 Å². The second-order valence-corrected chi connectivity index (χ2v) is 6.87. The van der Waals surface area contributed by atoms with Crippen LogP contribution in [0.15, 0.2) is 23.1 Å². The molecule has 1 heterocycles. The van der Waals surface area contributed by atoms with Gasteiger partial charge in [-0.15, -0.1) is 0 Å². The normalized spacial score (nSPS) is 20.7. The molecule has 0 aliphatic carbocycles. The van der Waals surface area contributed by atoms with Crippen LogP contribution in [0.25, 0.3) is 0 Å². The van der Waals surface area contributed by atoms with Crippen LogP contribution in [0.5, 0.6) is 0 Å². The molecule has 1 aromatic carbocycles. The third-order valence-electron chi connectivity index (χ3n) is 3.38. The lowest BCUT2D eigenvalue weighted by atomic mass is 10.0. The van der Waals surface area contributed by atoms with E-state index >= 15 is 0 Å². The molecule has 1 atom stereocenters. The maximum Gasteiger partial charge on any atom is 0.175 e. The van der Waals surface area contributed by atoms with Crippen LogP contribution in [0.1, 0.15) is 24.0 Å². The highest BCUT2D eigenvalue weighted by Gasteiger charge is 2.16. The van der Waals surface area contributed by atoms with Crippen molar-refractivity contribution in [1.82, 2.24) is 5.32 Å². The van der Waals surface area contributed by atoms with Crippen LogP contribution in [0.2, 0.25) is 0 Å². The van der Waals surface area contributed by atoms with Gasteiger partial charge < -0.3 is 5.32 Å². The predicted molar refractivity (Wildman–Crippen MR) is 69.0 cm³/mol. The molecule has 0 aromatic heterocycles. The van der Waals surface area contributed by atoms with E-state index in [0.717, 1.165) is 18.5 Å². The summed E-state index contributed by atoms with van der Waals surface area (Å²) in [6.45, 7) is 3.12. The highest BCUT2D eigenvalue weighted by Crippen LogP contribution is 2.19. The summed E-state index contributed by atoms with van der Waals surface area (Å²) in [7, 11) is -3.10. The summed E-state index contributed by atoms with van der Waals surface area (Å²) in [5.74, 6) is 0. The molecule has 1 saturated heterocycles. The number of sulfone groups is 1. The van der Waals surface area contributed by atoms with Gasteiger partial charge in [-0.25, -0.2) is 8.42 Å². The molecule has 0 radical (unpaired) electrons. The monoisotopic (exact) mass is 253 g/mol. The van der Waals surface area contributed by atoms with Crippen LogP contribution < -0.4 is 5.32 Å². The Labute approximate surface area is 103 Å². The van der Waals surface area contributed by atoms with Gasteiger partial charge in [0, 0.05) is 12.3 Å². The molecule has 0 amide bonds. The number of benzene rings is 1. The Morgan fingerprint density at radius 3 is 2.76 bits per heavy atom. The molecule has 3 nitrogen and oxygen atoms in total. The van der Waals surface area contributed by atoms with E-state index in [0.29, 0.717) is 10.9 Å². The van der Waals surface area contributed by atoms with Crippen molar-refractivity contribution in [2.45, 2.75) is 37.1 Å². The Bertz CT molecular complexity index is 502.